The Hall–Kier alpha value is -3.05. The second-order valence-corrected chi connectivity index (χ2v) is 12.5. The topological polar surface area (TPSA) is 79.5 Å². The number of fused-ring (bicyclic) bond motifs is 9. The summed E-state index contributed by atoms with van der Waals surface area (Å²) in [4.78, 5) is 44.5. The minimum atomic E-state index is -4.58. The fourth-order valence-corrected chi connectivity index (χ4v) is 10.2. The van der Waals surface area contributed by atoms with Crippen molar-refractivity contribution in [3.63, 3.8) is 0 Å². The molecule has 3 fully saturated rings. The first-order valence-corrected chi connectivity index (χ1v) is 14.0. The van der Waals surface area contributed by atoms with Crippen molar-refractivity contribution in [1.82, 2.24) is 4.98 Å². The number of hydrogen-bond acceptors (Lipinski definition) is 6. The summed E-state index contributed by atoms with van der Waals surface area (Å²) in [6.45, 7) is 0. The van der Waals surface area contributed by atoms with Crippen LogP contribution in [0.4, 0.5) is 18.9 Å². The second kappa shape index (κ2) is 8.22. The fraction of sp³-hybridized carbons (Fsp3) is 0.370. The number of nitrogens with zero attached hydrogens (tertiary/aromatic N) is 1. The minimum absolute atomic E-state index is 0.00399. The molecule has 7 atom stereocenters. The van der Waals surface area contributed by atoms with Gasteiger partial charge in [0, 0.05) is 16.0 Å². The molecule has 2 aromatic carbocycles. The molecule has 7 rings (SSSR count). The van der Waals surface area contributed by atoms with E-state index in [0.717, 1.165) is 32.5 Å². The smallest absolute Gasteiger partial charge is 0.416 e. The molecule has 3 aromatic rings. The number of H-pyrrole nitrogens is 1. The zero-order chi connectivity index (χ0) is 26.5. The van der Waals surface area contributed by atoms with Gasteiger partial charge in [-0.1, -0.05) is 29.5 Å². The van der Waals surface area contributed by atoms with Gasteiger partial charge in [-0.15, -0.1) is 11.8 Å². The third-order valence-electron chi connectivity index (χ3n) is 8.63. The van der Waals surface area contributed by atoms with E-state index in [2.05, 4.69) is 4.98 Å². The number of methoxy groups -OCH3 is 1. The lowest BCUT2D eigenvalue weighted by Crippen LogP contribution is -2.42. The van der Waals surface area contributed by atoms with E-state index < -0.39 is 35.4 Å². The Morgan fingerprint density at radius 2 is 1.71 bits per heavy atom. The molecule has 3 heterocycles. The summed E-state index contributed by atoms with van der Waals surface area (Å²) < 4.78 is 45.4. The molecule has 38 heavy (non-hydrogen) atoms. The summed E-state index contributed by atoms with van der Waals surface area (Å²) in [5.41, 5.74) is 0.0791. The number of amides is 2. The van der Waals surface area contributed by atoms with Crippen LogP contribution >= 0.6 is 23.1 Å². The Bertz CT molecular complexity index is 1530. The van der Waals surface area contributed by atoms with Crippen LogP contribution in [0.25, 0.3) is 0 Å². The van der Waals surface area contributed by atoms with E-state index in [9.17, 15) is 27.6 Å². The van der Waals surface area contributed by atoms with Crippen LogP contribution in [0.3, 0.4) is 0 Å². The maximum atomic E-state index is 13.7. The predicted molar refractivity (Wildman–Crippen MR) is 135 cm³/mol. The standard InChI is InChI=1S/C27H21F3N2O4S2/c1-36-14-7-5-11(6-8-14)17-18-15-10-16(21(18)37-23-22(17)38-26(35)31-23)20-19(15)24(33)32(25(20)34)13-4-2-3-12(9-13)27(28,29)30/h2-9,15-21H,10H2,1H3,(H,31,35)/t15-,16+,17+,18-,19+,20+,21-/m1/s1. The maximum Gasteiger partial charge on any atom is 0.416 e. The van der Waals surface area contributed by atoms with E-state index in [0.29, 0.717) is 12.2 Å². The number of hydrogen-bond donors (Lipinski definition) is 1. The lowest BCUT2D eigenvalue weighted by Gasteiger charge is -2.43. The molecule has 0 spiro atoms. The Kier molecular flexibility index (Phi) is 5.20. The average molecular weight is 559 g/mol. The highest BCUT2D eigenvalue weighted by atomic mass is 32.2. The number of thiazole rings is 1. The molecule has 0 unspecified atom stereocenters. The number of aromatic nitrogens is 1. The van der Waals surface area contributed by atoms with Crippen LogP contribution in [0.2, 0.25) is 0 Å². The number of anilines is 1. The second-order valence-electron chi connectivity index (χ2n) is 10.3. The van der Waals surface area contributed by atoms with Crippen LogP contribution in [0, 0.1) is 29.6 Å². The Labute approximate surface area is 223 Å². The van der Waals surface area contributed by atoms with E-state index >= 15 is 0 Å². The van der Waals surface area contributed by atoms with Crippen molar-refractivity contribution in [3.8, 4) is 5.75 Å². The fourth-order valence-electron chi connectivity index (χ4n) is 7.28. The number of halogens is 3. The van der Waals surface area contributed by atoms with E-state index in [1.165, 1.54) is 23.5 Å². The molecule has 1 saturated heterocycles. The Morgan fingerprint density at radius 1 is 1.00 bits per heavy atom. The summed E-state index contributed by atoms with van der Waals surface area (Å²) in [6.07, 6.45) is -3.88. The van der Waals surface area contributed by atoms with E-state index in [4.69, 9.17) is 4.74 Å². The van der Waals surface area contributed by atoms with Crippen LogP contribution in [-0.2, 0) is 15.8 Å². The van der Waals surface area contributed by atoms with E-state index in [1.54, 1.807) is 18.9 Å². The first kappa shape index (κ1) is 24.0. The van der Waals surface area contributed by atoms with Crippen LogP contribution in [0.1, 0.15) is 28.3 Å². The summed E-state index contributed by atoms with van der Waals surface area (Å²) in [7, 11) is 1.59. The van der Waals surface area contributed by atoms with Crippen molar-refractivity contribution in [1.29, 1.82) is 0 Å². The van der Waals surface area contributed by atoms with Crippen LogP contribution in [-0.4, -0.2) is 29.2 Å². The van der Waals surface area contributed by atoms with Gasteiger partial charge >= 0.3 is 11.0 Å². The molecule has 2 saturated carbocycles. The number of ether oxygens (including phenoxy) is 1. The lowest BCUT2D eigenvalue weighted by atomic mass is 9.68. The van der Waals surface area contributed by atoms with Crippen molar-refractivity contribution < 1.29 is 27.5 Å². The van der Waals surface area contributed by atoms with Gasteiger partial charge < -0.3 is 9.72 Å². The van der Waals surface area contributed by atoms with Gasteiger partial charge in [0.15, 0.2) is 0 Å². The van der Waals surface area contributed by atoms with Gasteiger partial charge in [-0.2, -0.15) is 13.2 Å². The highest BCUT2D eigenvalue weighted by Gasteiger charge is 2.69. The molecular weight excluding hydrogens is 537 g/mol. The van der Waals surface area contributed by atoms with Crippen LogP contribution < -0.4 is 14.5 Å². The van der Waals surface area contributed by atoms with Crippen molar-refractivity contribution >= 4 is 40.6 Å². The molecule has 1 N–H and O–H groups in total. The van der Waals surface area contributed by atoms with Gasteiger partial charge in [-0.3, -0.25) is 19.3 Å². The molecule has 2 aliphatic carbocycles. The molecule has 6 nitrogen and oxygen atoms in total. The van der Waals surface area contributed by atoms with Gasteiger partial charge in [0.25, 0.3) is 0 Å². The molecule has 2 aliphatic heterocycles. The van der Waals surface area contributed by atoms with Gasteiger partial charge in [0.2, 0.25) is 11.8 Å². The van der Waals surface area contributed by atoms with Gasteiger partial charge in [0.05, 0.1) is 35.2 Å². The molecule has 196 valence electrons. The van der Waals surface area contributed by atoms with Gasteiger partial charge in [-0.25, -0.2) is 0 Å². The summed E-state index contributed by atoms with van der Waals surface area (Å²) in [5.74, 6) is -1.63. The number of rotatable bonds is 3. The first-order valence-electron chi connectivity index (χ1n) is 12.3. The quantitative estimate of drug-likeness (QED) is 0.451. The summed E-state index contributed by atoms with van der Waals surface area (Å²) in [6, 6.07) is 12.1. The number of carbonyl (C=O) groups is 2. The monoisotopic (exact) mass is 558 g/mol. The molecule has 11 heteroatoms. The predicted octanol–water partition coefficient (Wildman–Crippen LogP) is 5.14. The maximum absolute atomic E-state index is 13.7. The highest BCUT2D eigenvalue weighted by Crippen LogP contribution is 2.68. The molecular formula is C27H21F3N2O4S2. The summed E-state index contributed by atoms with van der Waals surface area (Å²) >= 11 is 2.75. The normalized spacial score (nSPS) is 31.4. The first-order chi connectivity index (χ1) is 18.2. The number of carbonyl (C=O) groups excluding carboxylic acids is 2. The number of benzene rings is 2. The largest absolute Gasteiger partial charge is 0.497 e. The van der Waals surface area contributed by atoms with Gasteiger partial charge in [0.1, 0.15) is 5.75 Å². The van der Waals surface area contributed by atoms with Crippen LogP contribution in [0.5, 0.6) is 5.75 Å². The van der Waals surface area contributed by atoms with Crippen molar-refractivity contribution in [2.24, 2.45) is 29.6 Å². The number of aromatic amines is 1. The molecule has 1 aromatic heterocycles. The highest BCUT2D eigenvalue weighted by molar-refractivity contribution is 8.00. The molecule has 2 amide bonds. The SMILES string of the molecule is COc1ccc([C@@H]2c3sc(=O)[nH]c3S[C@@H]3[C@H]4C[C@@H]([C@@H]5C(=O)N(c6cccc(C(F)(F)F)c6)C(=O)[C@@H]45)[C@H]23)cc1. The van der Waals surface area contributed by atoms with E-state index in [-0.39, 0.29) is 39.5 Å². The third-order valence-corrected chi connectivity index (χ3v) is 11.2. The molecule has 4 aliphatic rings. The van der Waals surface area contributed by atoms with Gasteiger partial charge in [-0.05, 0) is 60.1 Å². The molecule has 2 bridgehead atoms. The average Bonchev–Trinajstić information content (AvgIpc) is 3.62. The zero-order valence-electron chi connectivity index (χ0n) is 19.9. The van der Waals surface area contributed by atoms with Crippen molar-refractivity contribution in [3.05, 3.63) is 74.2 Å². The molecule has 0 radical (unpaired) electrons. The summed E-state index contributed by atoms with van der Waals surface area (Å²) in [5, 5.41) is 0.807. The number of imide groups is 1. The van der Waals surface area contributed by atoms with Crippen LogP contribution in [0.15, 0.2) is 58.4 Å². The minimum Gasteiger partial charge on any atom is -0.497 e. The number of alkyl halides is 3. The number of thioether (sulfide) groups is 1. The third kappa shape index (κ3) is 3.30. The van der Waals surface area contributed by atoms with E-state index in [1.807, 2.05) is 24.3 Å². The van der Waals surface area contributed by atoms with Crippen molar-refractivity contribution in [2.45, 2.75) is 28.8 Å². The number of nitrogens with one attached hydrogen (secondary N) is 1. The lowest BCUT2D eigenvalue weighted by molar-refractivity contribution is -0.137. The Balaban J connectivity index is 1.29. The van der Waals surface area contributed by atoms with Crippen molar-refractivity contribution in [2.75, 3.05) is 12.0 Å². The Morgan fingerprint density at radius 3 is 2.39 bits per heavy atom. The zero-order valence-corrected chi connectivity index (χ0v) is 21.5.